The number of nitrogens with two attached hydrogens (primary N) is 1. The lowest BCUT2D eigenvalue weighted by atomic mass is 10.1. The van der Waals surface area contributed by atoms with E-state index in [1.165, 1.54) is 11.1 Å². The first-order valence-corrected chi connectivity index (χ1v) is 4.17. The van der Waals surface area contributed by atoms with Crippen molar-refractivity contribution < 1.29 is 4.74 Å². The van der Waals surface area contributed by atoms with Crippen molar-refractivity contribution in [2.45, 2.75) is 19.9 Å². The molecule has 2 heteroatoms. The highest BCUT2D eigenvalue weighted by atomic mass is 16.5. The number of ether oxygens (including phenoxy) is 1. The molecular weight excluding hydrogens is 150 g/mol. The molecule has 0 bridgehead atoms. The molecule has 0 aliphatic heterocycles. The molecule has 0 amide bonds. The standard InChI is InChI=1S/C10H15NO/c1-3-8-6-10(12-2)5-4-9(8)7-11/h4-6H,3,7,11H2,1-2H3. The first-order chi connectivity index (χ1) is 5.81. The van der Waals surface area contributed by atoms with Crippen molar-refractivity contribution in [3.8, 4) is 5.75 Å². The largest absolute Gasteiger partial charge is 0.497 e. The summed E-state index contributed by atoms with van der Waals surface area (Å²) >= 11 is 0. The third-order valence-corrected chi connectivity index (χ3v) is 2.01. The second kappa shape index (κ2) is 4.12. The molecule has 1 rings (SSSR count). The molecule has 0 aromatic heterocycles. The van der Waals surface area contributed by atoms with Gasteiger partial charge in [-0.3, -0.25) is 0 Å². The van der Waals surface area contributed by atoms with E-state index in [1.54, 1.807) is 7.11 Å². The fourth-order valence-electron chi connectivity index (χ4n) is 1.26. The third-order valence-electron chi connectivity index (χ3n) is 2.01. The Hall–Kier alpha value is -1.02. The number of aryl methyl sites for hydroxylation is 1. The minimum Gasteiger partial charge on any atom is -0.497 e. The Labute approximate surface area is 73.3 Å². The van der Waals surface area contributed by atoms with E-state index >= 15 is 0 Å². The molecule has 0 radical (unpaired) electrons. The van der Waals surface area contributed by atoms with E-state index in [2.05, 4.69) is 6.92 Å². The highest BCUT2D eigenvalue weighted by Crippen LogP contribution is 2.17. The average molecular weight is 165 g/mol. The van der Waals surface area contributed by atoms with Crippen molar-refractivity contribution in [1.82, 2.24) is 0 Å². The van der Waals surface area contributed by atoms with Crippen LogP contribution in [0.1, 0.15) is 18.1 Å². The van der Waals surface area contributed by atoms with Gasteiger partial charge in [-0.05, 0) is 29.7 Å². The molecule has 66 valence electrons. The molecule has 0 aliphatic carbocycles. The van der Waals surface area contributed by atoms with Crippen LogP contribution in [0.15, 0.2) is 18.2 Å². The molecule has 0 atom stereocenters. The first kappa shape index (κ1) is 9.07. The highest BCUT2D eigenvalue weighted by Gasteiger charge is 1.99. The lowest BCUT2D eigenvalue weighted by molar-refractivity contribution is 0.414. The van der Waals surface area contributed by atoms with Crippen LogP contribution < -0.4 is 10.5 Å². The van der Waals surface area contributed by atoms with Crippen molar-refractivity contribution in [1.29, 1.82) is 0 Å². The van der Waals surface area contributed by atoms with E-state index < -0.39 is 0 Å². The van der Waals surface area contributed by atoms with Gasteiger partial charge in [-0.15, -0.1) is 0 Å². The second-order valence-corrected chi connectivity index (χ2v) is 2.69. The van der Waals surface area contributed by atoms with Gasteiger partial charge in [0.2, 0.25) is 0 Å². The lowest BCUT2D eigenvalue weighted by Crippen LogP contribution is -2.01. The van der Waals surface area contributed by atoms with Gasteiger partial charge in [-0.2, -0.15) is 0 Å². The van der Waals surface area contributed by atoms with Crippen molar-refractivity contribution in [2.75, 3.05) is 7.11 Å². The molecule has 0 fully saturated rings. The van der Waals surface area contributed by atoms with E-state index in [1.807, 2.05) is 18.2 Å². The fraction of sp³-hybridized carbons (Fsp3) is 0.400. The SMILES string of the molecule is CCc1cc(OC)ccc1CN. The number of hydrogen-bond donors (Lipinski definition) is 1. The van der Waals surface area contributed by atoms with Gasteiger partial charge in [0.15, 0.2) is 0 Å². The molecule has 12 heavy (non-hydrogen) atoms. The van der Waals surface area contributed by atoms with Gasteiger partial charge in [0.25, 0.3) is 0 Å². The average Bonchev–Trinajstić information content (AvgIpc) is 2.16. The van der Waals surface area contributed by atoms with Gasteiger partial charge in [0, 0.05) is 6.54 Å². The summed E-state index contributed by atoms with van der Waals surface area (Å²) in [5.74, 6) is 0.907. The zero-order valence-corrected chi connectivity index (χ0v) is 7.63. The Morgan fingerprint density at radius 3 is 2.58 bits per heavy atom. The summed E-state index contributed by atoms with van der Waals surface area (Å²) in [4.78, 5) is 0. The summed E-state index contributed by atoms with van der Waals surface area (Å²) in [5, 5.41) is 0. The normalized spacial score (nSPS) is 9.92. The van der Waals surface area contributed by atoms with Gasteiger partial charge in [0.1, 0.15) is 5.75 Å². The molecule has 0 heterocycles. The zero-order chi connectivity index (χ0) is 8.97. The topological polar surface area (TPSA) is 35.2 Å². The summed E-state index contributed by atoms with van der Waals surface area (Å²) in [6.45, 7) is 2.72. The van der Waals surface area contributed by atoms with Crippen LogP contribution in [0.4, 0.5) is 0 Å². The predicted molar refractivity (Wildman–Crippen MR) is 50.3 cm³/mol. The summed E-state index contributed by atoms with van der Waals surface area (Å²) < 4.78 is 5.12. The van der Waals surface area contributed by atoms with Crippen LogP contribution in [0.3, 0.4) is 0 Å². The molecular formula is C10H15NO. The molecule has 1 aromatic carbocycles. The summed E-state index contributed by atoms with van der Waals surface area (Å²) in [7, 11) is 1.68. The quantitative estimate of drug-likeness (QED) is 0.740. The van der Waals surface area contributed by atoms with Crippen LogP contribution in [0.2, 0.25) is 0 Å². The molecule has 1 aromatic rings. The van der Waals surface area contributed by atoms with Crippen LogP contribution in [0.5, 0.6) is 5.75 Å². The molecule has 0 unspecified atom stereocenters. The first-order valence-electron chi connectivity index (χ1n) is 4.17. The maximum absolute atomic E-state index is 5.58. The van der Waals surface area contributed by atoms with Gasteiger partial charge in [-0.25, -0.2) is 0 Å². The van der Waals surface area contributed by atoms with Crippen molar-refractivity contribution in [3.05, 3.63) is 29.3 Å². The number of hydrogen-bond acceptors (Lipinski definition) is 2. The van der Waals surface area contributed by atoms with Crippen molar-refractivity contribution in [3.63, 3.8) is 0 Å². The number of rotatable bonds is 3. The van der Waals surface area contributed by atoms with E-state index in [4.69, 9.17) is 10.5 Å². The van der Waals surface area contributed by atoms with Crippen molar-refractivity contribution >= 4 is 0 Å². The summed E-state index contributed by atoms with van der Waals surface area (Å²) in [6, 6.07) is 6.02. The molecule has 2 nitrogen and oxygen atoms in total. The Morgan fingerprint density at radius 1 is 1.33 bits per heavy atom. The van der Waals surface area contributed by atoms with Crippen LogP contribution in [-0.4, -0.2) is 7.11 Å². The van der Waals surface area contributed by atoms with E-state index in [9.17, 15) is 0 Å². The van der Waals surface area contributed by atoms with Crippen LogP contribution in [0, 0.1) is 0 Å². The molecule has 0 aliphatic rings. The maximum atomic E-state index is 5.58. The lowest BCUT2D eigenvalue weighted by Gasteiger charge is -2.07. The van der Waals surface area contributed by atoms with Gasteiger partial charge < -0.3 is 10.5 Å². The minimum atomic E-state index is 0.604. The van der Waals surface area contributed by atoms with E-state index in [0.717, 1.165) is 12.2 Å². The number of methoxy groups -OCH3 is 1. The van der Waals surface area contributed by atoms with Gasteiger partial charge >= 0.3 is 0 Å². The molecule has 0 saturated heterocycles. The Morgan fingerprint density at radius 2 is 2.08 bits per heavy atom. The van der Waals surface area contributed by atoms with Gasteiger partial charge in [-0.1, -0.05) is 13.0 Å². The molecule has 0 saturated carbocycles. The fourth-order valence-corrected chi connectivity index (χ4v) is 1.26. The van der Waals surface area contributed by atoms with E-state index in [-0.39, 0.29) is 0 Å². The predicted octanol–water partition coefficient (Wildman–Crippen LogP) is 1.72. The van der Waals surface area contributed by atoms with Crippen LogP contribution in [-0.2, 0) is 13.0 Å². The number of benzene rings is 1. The zero-order valence-electron chi connectivity index (χ0n) is 7.63. The van der Waals surface area contributed by atoms with Crippen molar-refractivity contribution in [2.24, 2.45) is 5.73 Å². The highest BCUT2D eigenvalue weighted by molar-refractivity contribution is 5.35. The second-order valence-electron chi connectivity index (χ2n) is 2.69. The van der Waals surface area contributed by atoms with Crippen LogP contribution in [0.25, 0.3) is 0 Å². The Bertz CT molecular complexity index is 258. The van der Waals surface area contributed by atoms with Gasteiger partial charge in [0.05, 0.1) is 7.11 Å². The molecule has 0 spiro atoms. The Kier molecular flexibility index (Phi) is 3.11. The third kappa shape index (κ3) is 1.77. The van der Waals surface area contributed by atoms with E-state index in [0.29, 0.717) is 6.54 Å². The van der Waals surface area contributed by atoms with Crippen LogP contribution >= 0.6 is 0 Å². The molecule has 2 N–H and O–H groups in total. The summed E-state index contributed by atoms with van der Waals surface area (Å²) in [6.07, 6.45) is 1.00. The monoisotopic (exact) mass is 165 g/mol. The Balaban J connectivity index is 3.02. The summed E-state index contributed by atoms with van der Waals surface area (Å²) in [5.41, 5.74) is 8.06. The smallest absolute Gasteiger partial charge is 0.119 e. The minimum absolute atomic E-state index is 0.604. The maximum Gasteiger partial charge on any atom is 0.119 e.